The number of fused-ring (bicyclic) bond motifs is 1. The van der Waals surface area contributed by atoms with Crippen LogP contribution in [0.2, 0.25) is 0 Å². The quantitative estimate of drug-likeness (QED) is 0.661. The van der Waals surface area contributed by atoms with Crippen LogP contribution < -0.4 is 5.48 Å². The Labute approximate surface area is 151 Å². The first-order valence-corrected chi connectivity index (χ1v) is 8.57. The van der Waals surface area contributed by atoms with Gasteiger partial charge in [-0.05, 0) is 40.0 Å². The molecule has 0 radical (unpaired) electrons. The first-order chi connectivity index (χ1) is 12.1. The Kier molecular flexibility index (Phi) is 5.94. The van der Waals surface area contributed by atoms with E-state index in [2.05, 4.69) is 0 Å². The summed E-state index contributed by atoms with van der Waals surface area (Å²) in [6.45, 7) is 5.43. The fourth-order valence-electron chi connectivity index (χ4n) is 3.20. The van der Waals surface area contributed by atoms with Crippen molar-refractivity contribution in [2.24, 2.45) is 0 Å². The number of carbonyl (C=O) groups excluding carboxylic acids is 3. The van der Waals surface area contributed by atoms with Gasteiger partial charge in [-0.3, -0.25) is 4.79 Å². The maximum atomic E-state index is 12.4. The lowest BCUT2D eigenvalue weighted by Crippen LogP contribution is -2.50. The number of hydrogen-bond donors (Lipinski definition) is 2. The summed E-state index contributed by atoms with van der Waals surface area (Å²) >= 11 is 0. The molecule has 2 aliphatic rings. The number of nitrogens with one attached hydrogen (secondary N) is 1. The molecular weight excluding hydrogens is 346 g/mol. The Bertz CT molecular complexity index is 587. The maximum Gasteiger partial charge on any atom is 0.441 e. The second-order valence-electron chi connectivity index (χ2n) is 7.38. The highest BCUT2D eigenvalue weighted by Gasteiger charge is 2.43. The van der Waals surface area contributed by atoms with Gasteiger partial charge in [0.15, 0.2) is 0 Å². The summed E-state index contributed by atoms with van der Waals surface area (Å²) in [6.07, 6.45) is -0.504. The molecule has 2 N–H and O–H groups in total. The van der Waals surface area contributed by atoms with Crippen LogP contribution in [0.5, 0.6) is 0 Å². The van der Waals surface area contributed by atoms with Crippen molar-refractivity contribution in [2.75, 3.05) is 13.1 Å². The second-order valence-corrected chi connectivity index (χ2v) is 7.38. The molecule has 3 amide bonds. The third kappa shape index (κ3) is 4.99. The summed E-state index contributed by atoms with van der Waals surface area (Å²) in [4.78, 5) is 54.9. The summed E-state index contributed by atoms with van der Waals surface area (Å²) in [5.41, 5.74) is 1.21. The van der Waals surface area contributed by atoms with E-state index in [1.807, 2.05) is 5.48 Å². The highest BCUT2D eigenvalue weighted by molar-refractivity contribution is 5.86. The van der Waals surface area contributed by atoms with Crippen LogP contribution in [0.1, 0.15) is 46.5 Å². The Morgan fingerprint density at radius 2 is 1.85 bits per heavy atom. The van der Waals surface area contributed by atoms with E-state index in [1.165, 1.54) is 9.80 Å². The van der Waals surface area contributed by atoms with E-state index in [0.29, 0.717) is 25.8 Å². The SMILES string of the molecule is CC(C)(C)OC(=O)NOC(=O)C1CCC2CCN(C(=O)O)CCC(=O)N21. The minimum Gasteiger partial charge on any atom is -0.465 e. The zero-order chi connectivity index (χ0) is 19.5. The molecule has 2 atom stereocenters. The van der Waals surface area contributed by atoms with Gasteiger partial charge in [-0.2, -0.15) is 0 Å². The number of carboxylic acid groups (broad SMARTS) is 1. The predicted molar refractivity (Wildman–Crippen MR) is 87.9 cm³/mol. The lowest BCUT2D eigenvalue weighted by atomic mass is 10.1. The molecule has 146 valence electrons. The first kappa shape index (κ1) is 19.8. The minimum absolute atomic E-state index is 0.00603. The Morgan fingerprint density at radius 3 is 2.46 bits per heavy atom. The number of nitrogens with zero attached hydrogens (tertiary/aromatic N) is 2. The second kappa shape index (κ2) is 7.79. The van der Waals surface area contributed by atoms with Crippen molar-refractivity contribution >= 4 is 24.1 Å². The van der Waals surface area contributed by atoms with Gasteiger partial charge in [0.2, 0.25) is 5.91 Å². The number of hydroxylamine groups is 1. The van der Waals surface area contributed by atoms with E-state index in [0.717, 1.165) is 0 Å². The number of ether oxygens (including phenoxy) is 1. The molecule has 0 aromatic rings. The van der Waals surface area contributed by atoms with E-state index in [4.69, 9.17) is 14.7 Å². The number of amides is 3. The van der Waals surface area contributed by atoms with Crippen molar-refractivity contribution in [3.8, 4) is 0 Å². The molecular formula is C16H25N3O7. The third-order valence-corrected chi connectivity index (χ3v) is 4.29. The monoisotopic (exact) mass is 371 g/mol. The summed E-state index contributed by atoms with van der Waals surface area (Å²) < 4.78 is 4.98. The summed E-state index contributed by atoms with van der Waals surface area (Å²) in [5, 5.41) is 9.10. The summed E-state index contributed by atoms with van der Waals surface area (Å²) in [5.74, 6) is -1.03. The zero-order valence-corrected chi connectivity index (χ0v) is 15.2. The standard InChI is InChI=1S/C16H25N3O7/c1-16(2,3)25-14(22)17-26-13(21)11-5-4-10-6-8-18(15(23)24)9-7-12(20)19(10)11/h10-11H,4-9H2,1-3H3,(H,17,22)(H,23,24). The van der Waals surface area contributed by atoms with Crippen LogP contribution in [-0.2, 0) is 19.2 Å². The molecule has 10 heteroatoms. The van der Waals surface area contributed by atoms with Crippen molar-refractivity contribution in [3.63, 3.8) is 0 Å². The van der Waals surface area contributed by atoms with E-state index in [9.17, 15) is 19.2 Å². The van der Waals surface area contributed by atoms with E-state index >= 15 is 0 Å². The highest BCUT2D eigenvalue weighted by Crippen LogP contribution is 2.29. The molecule has 0 spiro atoms. The van der Waals surface area contributed by atoms with Gasteiger partial charge in [0, 0.05) is 25.6 Å². The van der Waals surface area contributed by atoms with Crippen LogP contribution in [0.15, 0.2) is 0 Å². The topological polar surface area (TPSA) is 125 Å². The average Bonchev–Trinajstić information content (AvgIpc) is 2.92. The van der Waals surface area contributed by atoms with E-state index in [1.54, 1.807) is 20.8 Å². The van der Waals surface area contributed by atoms with Gasteiger partial charge in [0.1, 0.15) is 11.6 Å². The molecule has 2 rings (SSSR count). The van der Waals surface area contributed by atoms with Gasteiger partial charge >= 0.3 is 18.2 Å². The van der Waals surface area contributed by atoms with Crippen LogP contribution in [0.25, 0.3) is 0 Å². The van der Waals surface area contributed by atoms with Gasteiger partial charge in [-0.25, -0.2) is 14.4 Å². The number of rotatable bonds is 1. The lowest BCUT2D eigenvalue weighted by molar-refractivity contribution is -0.160. The Balaban J connectivity index is 1.95. The Hall–Kier alpha value is -2.52. The number of carbonyl (C=O) groups is 4. The maximum absolute atomic E-state index is 12.4. The molecule has 26 heavy (non-hydrogen) atoms. The Morgan fingerprint density at radius 1 is 1.15 bits per heavy atom. The van der Waals surface area contributed by atoms with Gasteiger partial charge in [0.25, 0.3) is 0 Å². The molecule has 2 heterocycles. The molecule has 2 aliphatic heterocycles. The molecule has 0 saturated carbocycles. The van der Waals surface area contributed by atoms with Crippen LogP contribution in [0, 0.1) is 0 Å². The molecule has 0 aromatic heterocycles. The molecule has 0 bridgehead atoms. The summed E-state index contributed by atoms with van der Waals surface area (Å²) in [7, 11) is 0. The normalized spacial score (nSPS) is 23.6. The lowest BCUT2D eigenvalue weighted by Gasteiger charge is -2.33. The van der Waals surface area contributed by atoms with E-state index in [-0.39, 0.29) is 24.9 Å². The van der Waals surface area contributed by atoms with E-state index < -0.39 is 29.8 Å². The van der Waals surface area contributed by atoms with Crippen molar-refractivity contribution in [1.82, 2.24) is 15.3 Å². The largest absolute Gasteiger partial charge is 0.465 e. The van der Waals surface area contributed by atoms with Crippen molar-refractivity contribution in [3.05, 3.63) is 0 Å². The third-order valence-electron chi connectivity index (χ3n) is 4.29. The fraction of sp³-hybridized carbons (Fsp3) is 0.750. The van der Waals surface area contributed by atoms with Crippen molar-refractivity contribution < 1.29 is 33.9 Å². The molecule has 2 fully saturated rings. The van der Waals surface area contributed by atoms with Crippen LogP contribution in [0.3, 0.4) is 0 Å². The first-order valence-electron chi connectivity index (χ1n) is 8.57. The van der Waals surface area contributed by atoms with Crippen LogP contribution in [-0.4, -0.2) is 69.7 Å². The smallest absolute Gasteiger partial charge is 0.441 e. The number of hydrogen-bond acceptors (Lipinski definition) is 6. The van der Waals surface area contributed by atoms with Crippen LogP contribution in [0.4, 0.5) is 9.59 Å². The molecule has 2 saturated heterocycles. The predicted octanol–water partition coefficient (Wildman–Crippen LogP) is 1.10. The van der Waals surface area contributed by atoms with Crippen molar-refractivity contribution in [1.29, 1.82) is 0 Å². The molecule has 2 unspecified atom stereocenters. The van der Waals surface area contributed by atoms with Gasteiger partial charge in [-0.15, -0.1) is 5.48 Å². The van der Waals surface area contributed by atoms with Gasteiger partial charge < -0.3 is 24.5 Å². The van der Waals surface area contributed by atoms with Crippen LogP contribution >= 0.6 is 0 Å². The molecule has 0 aromatic carbocycles. The fourth-order valence-corrected chi connectivity index (χ4v) is 3.20. The summed E-state index contributed by atoms with van der Waals surface area (Å²) in [6, 6.07) is -1.01. The van der Waals surface area contributed by atoms with Crippen molar-refractivity contribution in [2.45, 2.75) is 64.1 Å². The zero-order valence-electron chi connectivity index (χ0n) is 15.2. The highest BCUT2D eigenvalue weighted by atomic mass is 16.7. The molecule has 10 nitrogen and oxygen atoms in total. The van der Waals surface area contributed by atoms with Gasteiger partial charge in [0.05, 0.1) is 0 Å². The van der Waals surface area contributed by atoms with Gasteiger partial charge in [-0.1, -0.05) is 0 Å². The average molecular weight is 371 g/mol. The minimum atomic E-state index is -1.05. The molecule has 0 aliphatic carbocycles.